The fourth-order valence-corrected chi connectivity index (χ4v) is 8.02. The zero-order valence-electron chi connectivity index (χ0n) is 24.6. The van der Waals surface area contributed by atoms with Gasteiger partial charge in [-0.1, -0.05) is 151 Å². The summed E-state index contributed by atoms with van der Waals surface area (Å²) in [4.78, 5) is 0. The van der Waals surface area contributed by atoms with Crippen molar-refractivity contribution >= 4 is 0 Å². The quantitative estimate of drug-likeness (QED) is 0.222. The summed E-state index contributed by atoms with van der Waals surface area (Å²) in [7, 11) is 0. The lowest BCUT2D eigenvalue weighted by Gasteiger charge is -2.44. The van der Waals surface area contributed by atoms with Crippen molar-refractivity contribution in [1.29, 1.82) is 0 Å². The van der Waals surface area contributed by atoms with Crippen LogP contribution >= 0.6 is 0 Å². The van der Waals surface area contributed by atoms with Gasteiger partial charge in [-0.2, -0.15) is 0 Å². The molecule has 3 aliphatic rings. The molecule has 1 aromatic rings. The second-order valence-electron chi connectivity index (χ2n) is 13.3. The Morgan fingerprint density at radius 2 is 1.30 bits per heavy atom. The minimum absolute atomic E-state index is 0.448. The van der Waals surface area contributed by atoms with Gasteiger partial charge in [0.05, 0.1) is 0 Å². The molecule has 0 heteroatoms. The molecular formula is C37H58. The third-order valence-electron chi connectivity index (χ3n) is 10.7. The molecule has 0 spiro atoms. The number of allylic oxidation sites excluding steroid dienone is 4. The van der Waals surface area contributed by atoms with Crippen LogP contribution in [-0.2, 0) is 6.42 Å². The molecule has 2 saturated carbocycles. The molecule has 3 aliphatic carbocycles. The van der Waals surface area contributed by atoms with Gasteiger partial charge in [0, 0.05) is 0 Å². The van der Waals surface area contributed by atoms with Crippen molar-refractivity contribution in [2.24, 2.45) is 29.1 Å². The molecule has 0 saturated heterocycles. The average Bonchev–Trinajstić information content (AvgIpc) is 2.96. The number of benzene rings is 1. The SMILES string of the molecule is CCCCC[C@H]1CC[C@H](C2(CC[C@H]3CC[C@H](CCCC)CC3)C=CC(CCc3ccccc3)=CC2)CC1. The van der Waals surface area contributed by atoms with E-state index in [4.69, 9.17) is 0 Å². The molecule has 2 fully saturated rings. The maximum absolute atomic E-state index is 2.75. The molecule has 1 atom stereocenters. The molecule has 0 N–H and O–H groups in total. The Morgan fingerprint density at radius 1 is 0.676 bits per heavy atom. The van der Waals surface area contributed by atoms with Crippen molar-refractivity contribution in [2.45, 2.75) is 142 Å². The first-order valence-corrected chi connectivity index (χ1v) is 16.6. The smallest absolute Gasteiger partial charge is 0.00520 e. The molecule has 4 rings (SSSR count). The first-order chi connectivity index (χ1) is 18.2. The first-order valence-electron chi connectivity index (χ1n) is 16.6. The Morgan fingerprint density at radius 3 is 1.92 bits per heavy atom. The molecule has 0 heterocycles. The number of hydrogen-bond acceptors (Lipinski definition) is 0. The zero-order valence-corrected chi connectivity index (χ0v) is 24.6. The molecule has 0 radical (unpaired) electrons. The van der Waals surface area contributed by atoms with Crippen molar-refractivity contribution < 1.29 is 0 Å². The van der Waals surface area contributed by atoms with E-state index >= 15 is 0 Å². The van der Waals surface area contributed by atoms with Crippen molar-refractivity contribution in [3.8, 4) is 0 Å². The maximum Gasteiger partial charge on any atom is -0.00520 e. The molecule has 37 heavy (non-hydrogen) atoms. The number of aryl methyl sites for hydroxylation is 1. The lowest BCUT2D eigenvalue weighted by molar-refractivity contribution is 0.115. The summed E-state index contributed by atoms with van der Waals surface area (Å²) in [6, 6.07) is 11.1. The van der Waals surface area contributed by atoms with Crippen LogP contribution < -0.4 is 0 Å². The Labute approximate surface area is 230 Å². The van der Waals surface area contributed by atoms with Crippen molar-refractivity contribution in [3.05, 3.63) is 59.7 Å². The molecular weight excluding hydrogens is 444 g/mol. The Bertz CT molecular complexity index is 800. The van der Waals surface area contributed by atoms with Gasteiger partial charge in [0.25, 0.3) is 0 Å². The second kappa shape index (κ2) is 15.3. The van der Waals surface area contributed by atoms with Gasteiger partial charge in [0.1, 0.15) is 0 Å². The minimum Gasteiger partial charge on any atom is -0.0804 e. The van der Waals surface area contributed by atoms with Gasteiger partial charge in [0.2, 0.25) is 0 Å². The van der Waals surface area contributed by atoms with Gasteiger partial charge < -0.3 is 0 Å². The highest BCUT2D eigenvalue weighted by Crippen LogP contribution is 2.51. The van der Waals surface area contributed by atoms with Gasteiger partial charge in [-0.25, -0.2) is 0 Å². The van der Waals surface area contributed by atoms with Crippen LogP contribution in [0.4, 0.5) is 0 Å². The molecule has 0 aliphatic heterocycles. The molecule has 0 bridgehead atoms. The van der Waals surface area contributed by atoms with Crippen LogP contribution in [0, 0.1) is 29.1 Å². The van der Waals surface area contributed by atoms with E-state index in [1.807, 2.05) is 0 Å². The predicted molar refractivity (Wildman–Crippen MR) is 163 cm³/mol. The van der Waals surface area contributed by atoms with Gasteiger partial charge in [0.15, 0.2) is 0 Å². The average molecular weight is 503 g/mol. The molecule has 1 unspecified atom stereocenters. The Balaban J connectivity index is 1.33. The van der Waals surface area contributed by atoms with Crippen molar-refractivity contribution in [3.63, 3.8) is 0 Å². The fraction of sp³-hybridized carbons (Fsp3) is 0.730. The lowest BCUT2D eigenvalue weighted by Crippen LogP contribution is -2.34. The lowest BCUT2D eigenvalue weighted by atomic mass is 9.60. The molecule has 206 valence electrons. The molecule has 0 amide bonds. The zero-order chi connectivity index (χ0) is 25.8. The van der Waals surface area contributed by atoms with Crippen LogP contribution in [0.1, 0.15) is 141 Å². The van der Waals surface area contributed by atoms with Crippen LogP contribution in [0.5, 0.6) is 0 Å². The van der Waals surface area contributed by atoms with Crippen LogP contribution in [-0.4, -0.2) is 0 Å². The summed E-state index contributed by atoms with van der Waals surface area (Å²) < 4.78 is 0. The fourth-order valence-electron chi connectivity index (χ4n) is 8.02. The van der Waals surface area contributed by atoms with Crippen molar-refractivity contribution in [1.82, 2.24) is 0 Å². The van der Waals surface area contributed by atoms with E-state index < -0.39 is 0 Å². The third-order valence-corrected chi connectivity index (χ3v) is 10.7. The summed E-state index contributed by atoms with van der Waals surface area (Å²) in [6.07, 6.45) is 36.7. The number of hydrogen-bond donors (Lipinski definition) is 0. The van der Waals surface area contributed by atoms with Crippen LogP contribution in [0.15, 0.2) is 54.1 Å². The van der Waals surface area contributed by atoms with Crippen molar-refractivity contribution in [2.75, 3.05) is 0 Å². The summed E-state index contributed by atoms with van der Waals surface area (Å²) >= 11 is 0. The monoisotopic (exact) mass is 502 g/mol. The van der Waals surface area contributed by atoms with Crippen LogP contribution in [0.3, 0.4) is 0 Å². The minimum atomic E-state index is 0.448. The van der Waals surface area contributed by atoms with Gasteiger partial charge in [-0.05, 0) is 79.6 Å². The Hall–Kier alpha value is -1.30. The van der Waals surface area contributed by atoms with Gasteiger partial charge in [-0.3, -0.25) is 0 Å². The van der Waals surface area contributed by atoms with E-state index in [2.05, 4.69) is 62.4 Å². The van der Waals surface area contributed by atoms with Gasteiger partial charge in [-0.15, -0.1) is 0 Å². The molecule has 0 nitrogen and oxygen atoms in total. The van der Waals surface area contributed by atoms with Crippen LogP contribution in [0.25, 0.3) is 0 Å². The summed E-state index contributed by atoms with van der Waals surface area (Å²) in [6.45, 7) is 4.69. The number of rotatable bonds is 14. The highest BCUT2D eigenvalue weighted by molar-refractivity contribution is 5.29. The van der Waals surface area contributed by atoms with E-state index in [9.17, 15) is 0 Å². The van der Waals surface area contributed by atoms with Gasteiger partial charge >= 0.3 is 0 Å². The van der Waals surface area contributed by atoms with E-state index in [1.54, 1.807) is 5.57 Å². The van der Waals surface area contributed by atoms with E-state index in [1.165, 1.54) is 134 Å². The first kappa shape index (κ1) is 28.7. The van der Waals surface area contributed by atoms with Crippen LogP contribution in [0.2, 0.25) is 0 Å². The number of unbranched alkanes of at least 4 members (excludes halogenated alkanes) is 3. The normalized spacial score (nSPS) is 30.3. The highest BCUT2D eigenvalue weighted by Gasteiger charge is 2.39. The summed E-state index contributed by atoms with van der Waals surface area (Å²) in [5.74, 6) is 3.97. The topological polar surface area (TPSA) is 0 Å². The third kappa shape index (κ3) is 8.86. The van der Waals surface area contributed by atoms with E-state index in [-0.39, 0.29) is 0 Å². The largest absolute Gasteiger partial charge is 0.0804 e. The standard InChI is InChI=1S/C37H58/c1-3-5-8-12-33-21-23-36(24-22-33)37(28-25-34-18-16-32(17-19-34)11-6-4-2)29-26-35(27-30-37)20-15-31-13-9-7-10-14-31/h7,9-10,13-14,26-27,29,32-34,36H,3-6,8,11-12,15-25,28,30H2,1-2H3/t32-,33-,34-,36-,37?. The second-order valence-corrected chi connectivity index (χ2v) is 13.3. The molecule has 0 aromatic heterocycles. The van der Waals surface area contributed by atoms with E-state index in [0.29, 0.717) is 5.41 Å². The predicted octanol–water partition coefficient (Wildman–Crippen LogP) is 11.7. The summed E-state index contributed by atoms with van der Waals surface area (Å²) in [5, 5.41) is 0. The van der Waals surface area contributed by atoms with E-state index in [0.717, 1.165) is 23.7 Å². The maximum atomic E-state index is 2.75. The molecule has 1 aromatic carbocycles. The summed E-state index contributed by atoms with van der Waals surface area (Å²) in [5.41, 5.74) is 3.51. The Kier molecular flexibility index (Phi) is 11.9. The highest BCUT2D eigenvalue weighted by atomic mass is 14.4.